The van der Waals surface area contributed by atoms with E-state index < -0.39 is 0 Å². The summed E-state index contributed by atoms with van der Waals surface area (Å²) in [5.41, 5.74) is 3.72. The van der Waals surface area contributed by atoms with Gasteiger partial charge in [0.05, 0.1) is 12.7 Å². The van der Waals surface area contributed by atoms with Crippen molar-refractivity contribution >= 4 is 17.7 Å². The second-order valence-electron chi connectivity index (χ2n) is 5.53. The number of pyridine rings is 1. The number of hydrogen-bond donors (Lipinski definition) is 1. The number of anilines is 1. The SMILES string of the molecule is COC(=O)c1ccc2c(c1)CCc1cccnc1NC(=O)CC2. The molecule has 2 aromatic rings. The molecule has 1 amide bonds. The molecule has 0 aliphatic carbocycles. The number of amides is 1. The van der Waals surface area contributed by atoms with Gasteiger partial charge in [-0.1, -0.05) is 12.1 Å². The molecule has 0 saturated carbocycles. The highest BCUT2D eigenvalue weighted by molar-refractivity contribution is 5.91. The summed E-state index contributed by atoms with van der Waals surface area (Å²) in [5.74, 6) is 0.240. The maximum atomic E-state index is 12.1. The maximum Gasteiger partial charge on any atom is 0.337 e. The Morgan fingerprint density at radius 2 is 1.87 bits per heavy atom. The normalized spacial score (nSPS) is 14.2. The summed E-state index contributed by atoms with van der Waals surface area (Å²) >= 11 is 0. The average molecular weight is 310 g/mol. The van der Waals surface area contributed by atoms with Crippen molar-refractivity contribution in [2.24, 2.45) is 0 Å². The van der Waals surface area contributed by atoms with Crippen molar-refractivity contribution in [3.05, 3.63) is 58.8 Å². The van der Waals surface area contributed by atoms with Gasteiger partial charge in [0, 0.05) is 12.6 Å². The third-order valence-corrected chi connectivity index (χ3v) is 4.06. The monoisotopic (exact) mass is 310 g/mol. The minimum atomic E-state index is -0.343. The van der Waals surface area contributed by atoms with Crippen LogP contribution >= 0.6 is 0 Å². The summed E-state index contributed by atoms with van der Waals surface area (Å²) in [6.07, 6.45) is 4.25. The van der Waals surface area contributed by atoms with Crippen LogP contribution in [0.2, 0.25) is 0 Å². The quantitative estimate of drug-likeness (QED) is 0.822. The third kappa shape index (κ3) is 3.39. The van der Waals surface area contributed by atoms with Gasteiger partial charge in [-0.3, -0.25) is 4.79 Å². The lowest BCUT2D eigenvalue weighted by Crippen LogP contribution is -2.17. The molecule has 0 fully saturated rings. The van der Waals surface area contributed by atoms with E-state index >= 15 is 0 Å². The lowest BCUT2D eigenvalue weighted by Gasteiger charge is -2.16. The standard InChI is InChI=1S/C18H18N2O3/c1-23-18(22)15-7-4-12-8-9-16(21)20-17-13(3-2-10-19-17)5-6-14(12)11-15/h2-4,7,10-11H,5-6,8-9H2,1H3,(H,19,20,21). The Bertz CT molecular complexity index is 756. The van der Waals surface area contributed by atoms with Gasteiger partial charge in [0.2, 0.25) is 5.91 Å². The number of hydrogen-bond acceptors (Lipinski definition) is 4. The summed E-state index contributed by atoms with van der Waals surface area (Å²) in [6, 6.07) is 9.37. The first-order chi connectivity index (χ1) is 11.2. The summed E-state index contributed by atoms with van der Waals surface area (Å²) in [4.78, 5) is 28.1. The molecule has 2 heterocycles. The van der Waals surface area contributed by atoms with E-state index in [9.17, 15) is 9.59 Å². The van der Waals surface area contributed by atoms with Gasteiger partial charge in [-0.05, 0) is 54.2 Å². The summed E-state index contributed by atoms with van der Waals surface area (Å²) in [6.45, 7) is 0. The second kappa shape index (κ2) is 6.60. The minimum absolute atomic E-state index is 0.0464. The van der Waals surface area contributed by atoms with Crippen LogP contribution in [-0.2, 0) is 28.8 Å². The van der Waals surface area contributed by atoms with Crippen molar-refractivity contribution in [1.29, 1.82) is 0 Å². The minimum Gasteiger partial charge on any atom is -0.465 e. The molecule has 5 nitrogen and oxygen atoms in total. The topological polar surface area (TPSA) is 68.3 Å². The Balaban J connectivity index is 1.96. The largest absolute Gasteiger partial charge is 0.465 e. The van der Waals surface area contributed by atoms with Crippen LogP contribution in [0.4, 0.5) is 5.82 Å². The number of nitrogens with one attached hydrogen (secondary N) is 1. The van der Waals surface area contributed by atoms with Crippen molar-refractivity contribution in [2.75, 3.05) is 12.4 Å². The van der Waals surface area contributed by atoms with Crippen LogP contribution in [0.1, 0.15) is 33.5 Å². The number of benzene rings is 1. The number of carbonyl (C=O) groups is 2. The zero-order valence-corrected chi connectivity index (χ0v) is 13.0. The molecule has 1 aromatic carbocycles. The molecular formula is C18H18N2O3. The molecule has 118 valence electrons. The van der Waals surface area contributed by atoms with Gasteiger partial charge in [0.1, 0.15) is 5.82 Å². The van der Waals surface area contributed by atoms with Gasteiger partial charge in [0.25, 0.3) is 0 Å². The van der Waals surface area contributed by atoms with Gasteiger partial charge in [-0.2, -0.15) is 0 Å². The van der Waals surface area contributed by atoms with Gasteiger partial charge in [-0.15, -0.1) is 0 Å². The molecule has 1 N–H and O–H groups in total. The average Bonchev–Trinajstić information content (AvgIpc) is 2.58. The van der Waals surface area contributed by atoms with E-state index in [0.29, 0.717) is 24.2 Å². The van der Waals surface area contributed by atoms with Gasteiger partial charge in [-0.25, -0.2) is 9.78 Å². The summed E-state index contributed by atoms with van der Waals surface area (Å²) in [5, 5.41) is 2.88. The molecule has 5 heteroatoms. The summed E-state index contributed by atoms with van der Waals surface area (Å²) in [7, 11) is 1.38. The Morgan fingerprint density at radius 3 is 2.70 bits per heavy atom. The van der Waals surface area contributed by atoms with E-state index in [0.717, 1.165) is 29.5 Å². The molecule has 0 saturated heterocycles. The van der Waals surface area contributed by atoms with Crippen LogP contribution in [0.5, 0.6) is 0 Å². The number of ether oxygens (including phenoxy) is 1. The first-order valence-electron chi connectivity index (χ1n) is 7.61. The number of carbonyl (C=O) groups excluding carboxylic acids is 2. The predicted molar refractivity (Wildman–Crippen MR) is 86.4 cm³/mol. The Kier molecular flexibility index (Phi) is 4.37. The van der Waals surface area contributed by atoms with E-state index in [-0.39, 0.29) is 11.9 Å². The van der Waals surface area contributed by atoms with E-state index in [1.54, 1.807) is 12.3 Å². The van der Waals surface area contributed by atoms with Crippen LogP contribution in [0, 0.1) is 0 Å². The molecule has 0 atom stereocenters. The highest BCUT2D eigenvalue weighted by Crippen LogP contribution is 2.22. The number of methoxy groups -OCH3 is 1. The highest BCUT2D eigenvalue weighted by atomic mass is 16.5. The fourth-order valence-electron chi connectivity index (χ4n) is 2.81. The highest BCUT2D eigenvalue weighted by Gasteiger charge is 2.15. The second-order valence-corrected chi connectivity index (χ2v) is 5.53. The molecule has 1 aromatic heterocycles. The number of aryl methyl sites for hydroxylation is 3. The molecule has 3 rings (SSSR count). The lowest BCUT2D eigenvalue weighted by molar-refractivity contribution is -0.116. The first-order valence-corrected chi connectivity index (χ1v) is 7.61. The Hall–Kier alpha value is -2.69. The van der Waals surface area contributed by atoms with E-state index in [1.807, 2.05) is 24.3 Å². The Labute approximate surface area is 134 Å². The zero-order valence-electron chi connectivity index (χ0n) is 13.0. The fourth-order valence-corrected chi connectivity index (χ4v) is 2.81. The smallest absolute Gasteiger partial charge is 0.337 e. The van der Waals surface area contributed by atoms with Gasteiger partial charge in [0.15, 0.2) is 0 Å². The van der Waals surface area contributed by atoms with Crippen molar-refractivity contribution in [3.63, 3.8) is 0 Å². The molecule has 23 heavy (non-hydrogen) atoms. The lowest BCUT2D eigenvalue weighted by atomic mass is 9.94. The van der Waals surface area contributed by atoms with E-state index in [1.165, 1.54) is 7.11 Å². The van der Waals surface area contributed by atoms with Crippen LogP contribution in [0.15, 0.2) is 36.5 Å². The first kappa shape index (κ1) is 15.2. The van der Waals surface area contributed by atoms with Crippen LogP contribution < -0.4 is 5.32 Å². The van der Waals surface area contributed by atoms with Crippen molar-refractivity contribution in [3.8, 4) is 0 Å². The number of nitrogens with zero attached hydrogens (tertiary/aromatic N) is 1. The maximum absolute atomic E-state index is 12.1. The van der Waals surface area contributed by atoms with Gasteiger partial charge < -0.3 is 10.1 Å². The molecular weight excluding hydrogens is 292 g/mol. The molecule has 1 aliphatic heterocycles. The van der Waals surface area contributed by atoms with Crippen molar-refractivity contribution < 1.29 is 14.3 Å². The van der Waals surface area contributed by atoms with Crippen LogP contribution in [-0.4, -0.2) is 24.0 Å². The van der Waals surface area contributed by atoms with Crippen LogP contribution in [0.25, 0.3) is 0 Å². The molecule has 0 spiro atoms. The zero-order chi connectivity index (χ0) is 16.2. The third-order valence-electron chi connectivity index (χ3n) is 4.06. The number of aromatic nitrogens is 1. The van der Waals surface area contributed by atoms with E-state index in [2.05, 4.69) is 10.3 Å². The van der Waals surface area contributed by atoms with E-state index in [4.69, 9.17) is 4.74 Å². The molecule has 0 unspecified atom stereocenters. The van der Waals surface area contributed by atoms with Crippen LogP contribution in [0.3, 0.4) is 0 Å². The number of esters is 1. The predicted octanol–water partition coefficient (Wildman–Crippen LogP) is 2.54. The van der Waals surface area contributed by atoms with Gasteiger partial charge >= 0.3 is 5.97 Å². The van der Waals surface area contributed by atoms with Crippen molar-refractivity contribution in [2.45, 2.75) is 25.7 Å². The van der Waals surface area contributed by atoms with Crippen molar-refractivity contribution in [1.82, 2.24) is 4.98 Å². The molecule has 1 aliphatic rings. The number of rotatable bonds is 1. The fraction of sp³-hybridized carbons (Fsp3) is 0.278. The summed E-state index contributed by atoms with van der Waals surface area (Å²) < 4.78 is 4.79. The molecule has 0 bridgehead atoms. The number of fused-ring (bicyclic) bond motifs is 2. The Morgan fingerprint density at radius 1 is 1.09 bits per heavy atom. The molecule has 0 radical (unpaired) electrons.